The summed E-state index contributed by atoms with van der Waals surface area (Å²) in [6, 6.07) is 0. The van der Waals surface area contributed by atoms with Crippen LogP contribution in [0, 0.1) is 11.8 Å². The van der Waals surface area contributed by atoms with Gasteiger partial charge in [-0.3, -0.25) is 4.79 Å². The van der Waals surface area contributed by atoms with E-state index in [0.717, 1.165) is 6.42 Å². The Morgan fingerprint density at radius 3 is 2.85 bits per heavy atom. The van der Waals surface area contributed by atoms with E-state index in [9.17, 15) is 4.79 Å². The van der Waals surface area contributed by atoms with Crippen molar-refractivity contribution in [2.45, 2.75) is 12.4 Å². The van der Waals surface area contributed by atoms with E-state index in [-0.39, 0.29) is 18.4 Å². The summed E-state index contributed by atoms with van der Waals surface area (Å²) in [5, 5.41) is 18.2. The summed E-state index contributed by atoms with van der Waals surface area (Å²) < 4.78 is 0. The molecule has 0 aromatic heterocycles. The topological polar surface area (TPSA) is 88.4 Å². The molecule has 13 heavy (non-hydrogen) atoms. The van der Waals surface area contributed by atoms with Crippen molar-refractivity contribution in [3.05, 3.63) is 0 Å². The molecule has 0 radical (unpaired) electrons. The zero-order chi connectivity index (χ0) is 9.59. The first kappa shape index (κ1) is 8.99. The molecule has 1 amide bonds. The molecule has 5 nitrogen and oxygen atoms in total. The highest BCUT2D eigenvalue weighted by Crippen LogP contribution is 2.49. The van der Waals surface area contributed by atoms with E-state index in [4.69, 9.17) is 10.0 Å². The third-order valence-corrected chi connectivity index (χ3v) is 3.05. The highest BCUT2D eigenvalue weighted by Gasteiger charge is 2.57. The third-order valence-electron chi connectivity index (χ3n) is 3.05. The fourth-order valence-electron chi connectivity index (χ4n) is 2.30. The number of fused-ring (bicyclic) bond motifs is 1. The highest BCUT2D eigenvalue weighted by atomic mass is 16.4. The van der Waals surface area contributed by atoms with Crippen molar-refractivity contribution < 1.29 is 20.6 Å². The van der Waals surface area contributed by atoms with Crippen molar-refractivity contribution in [3.8, 4) is 0 Å². The molecule has 2 rings (SSSR count). The van der Waals surface area contributed by atoms with E-state index in [2.05, 4.69) is 5.73 Å². The van der Waals surface area contributed by atoms with Crippen LogP contribution in [0.15, 0.2) is 0 Å². The summed E-state index contributed by atoms with van der Waals surface area (Å²) in [6.07, 6.45) is 1.03. The monoisotopic (exact) mass is 185 g/mol. The molecule has 6 heteroatoms. The van der Waals surface area contributed by atoms with Gasteiger partial charge in [-0.2, -0.15) is 0 Å². The Morgan fingerprint density at radius 2 is 2.31 bits per heavy atom. The second-order valence-corrected chi connectivity index (χ2v) is 3.86. The molecule has 0 bridgehead atoms. The number of carbonyl (C=O) groups excluding carboxylic acids is 1. The predicted molar refractivity (Wildman–Crippen MR) is 45.0 cm³/mol. The Bertz CT molecular complexity index is 236. The van der Waals surface area contributed by atoms with E-state index in [1.165, 1.54) is 0 Å². The minimum Gasteiger partial charge on any atom is -0.426 e. The van der Waals surface area contributed by atoms with Crippen molar-refractivity contribution in [1.82, 2.24) is 4.90 Å². The first-order valence-electron chi connectivity index (χ1n) is 4.60. The van der Waals surface area contributed by atoms with Crippen LogP contribution in [0.4, 0.5) is 0 Å². The van der Waals surface area contributed by atoms with Gasteiger partial charge in [0.1, 0.15) is 0 Å². The molecule has 0 aromatic carbocycles. The van der Waals surface area contributed by atoms with Gasteiger partial charge in [0.25, 0.3) is 5.91 Å². The molecule has 0 spiro atoms. The SMILES string of the molecule is [NH3+]CC(=O)N1CC2CC2C1B(O)O. The van der Waals surface area contributed by atoms with E-state index in [0.29, 0.717) is 18.4 Å². The van der Waals surface area contributed by atoms with Crippen molar-refractivity contribution in [3.63, 3.8) is 0 Å². The second kappa shape index (κ2) is 2.97. The Labute approximate surface area is 76.7 Å². The molecule has 2 fully saturated rings. The van der Waals surface area contributed by atoms with Crippen LogP contribution in [0.3, 0.4) is 0 Å². The van der Waals surface area contributed by atoms with Gasteiger partial charge >= 0.3 is 7.12 Å². The zero-order valence-electron chi connectivity index (χ0n) is 7.39. The number of carbonyl (C=O) groups is 1. The van der Waals surface area contributed by atoms with Crippen molar-refractivity contribution in [1.29, 1.82) is 0 Å². The number of hydrogen-bond acceptors (Lipinski definition) is 3. The van der Waals surface area contributed by atoms with E-state index in [1.807, 2.05) is 0 Å². The smallest absolute Gasteiger partial charge is 0.426 e. The second-order valence-electron chi connectivity index (χ2n) is 3.86. The van der Waals surface area contributed by atoms with Crippen LogP contribution < -0.4 is 5.73 Å². The molecule has 1 aliphatic carbocycles. The Morgan fingerprint density at radius 1 is 1.62 bits per heavy atom. The van der Waals surface area contributed by atoms with Gasteiger partial charge in [-0.1, -0.05) is 0 Å². The van der Waals surface area contributed by atoms with E-state index < -0.39 is 7.12 Å². The first-order valence-corrected chi connectivity index (χ1v) is 4.60. The standard InChI is InChI=1S/C7H13BN2O3/c9-2-6(11)10-3-4-1-5(4)7(10)8(12)13/h4-5,7,12-13H,1-3,9H2/p+1. The molecule has 5 N–H and O–H groups in total. The number of nitrogens with zero attached hydrogens (tertiary/aromatic N) is 1. The summed E-state index contributed by atoms with van der Waals surface area (Å²) in [5.41, 5.74) is 3.51. The summed E-state index contributed by atoms with van der Waals surface area (Å²) in [6.45, 7) is 0.879. The van der Waals surface area contributed by atoms with Gasteiger partial charge in [-0.25, -0.2) is 0 Å². The third kappa shape index (κ3) is 1.35. The molecule has 1 aliphatic heterocycles. The lowest BCUT2D eigenvalue weighted by molar-refractivity contribution is -0.357. The summed E-state index contributed by atoms with van der Waals surface area (Å²) in [5.74, 6) is 0.363. The molecular formula is C7H14BN2O3+. The van der Waals surface area contributed by atoms with Crippen LogP contribution >= 0.6 is 0 Å². The van der Waals surface area contributed by atoms with Crippen molar-refractivity contribution >= 4 is 13.0 Å². The Kier molecular flexibility index (Phi) is 2.05. The molecule has 3 unspecified atom stereocenters. The fraction of sp³-hybridized carbons (Fsp3) is 0.857. The first-order chi connectivity index (χ1) is 6.15. The van der Waals surface area contributed by atoms with Gasteiger partial charge in [-0.05, 0) is 18.3 Å². The molecule has 72 valence electrons. The van der Waals surface area contributed by atoms with Gasteiger partial charge in [0.2, 0.25) is 0 Å². The molecule has 0 aromatic rings. The number of rotatable bonds is 2. The molecule has 1 heterocycles. The maximum absolute atomic E-state index is 11.3. The average Bonchev–Trinajstić information content (AvgIpc) is 2.74. The van der Waals surface area contributed by atoms with Crippen LogP contribution in [0.5, 0.6) is 0 Å². The predicted octanol–water partition coefficient (Wildman–Crippen LogP) is -2.91. The van der Waals surface area contributed by atoms with Gasteiger partial charge < -0.3 is 20.7 Å². The van der Waals surface area contributed by atoms with Gasteiger partial charge in [0.05, 0.1) is 5.94 Å². The lowest BCUT2D eigenvalue weighted by Gasteiger charge is -2.25. The summed E-state index contributed by atoms with van der Waals surface area (Å²) in [7, 11) is -1.40. The van der Waals surface area contributed by atoms with Crippen molar-refractivity contribution in [2.24, 2.45) is 11.8 Å². The number of piperidine rings is 1. The van der Waals surface area contributed by atoms with Crippen LogP contribution in [-0.4, -0.2) is 47.0 Å². The van der Waals surface area contributed by atoms with Crippen molar-refractivity contribution in [2.75, 3.05) is 13.1 Å². The molecule has 1 saturated heterocycles. The van der Waals surface area contributed by atoms with Crippen LogP contribution in [0.1, 0.15) is 6.42 Å². The lowest BCUT2D eigenvalue weighted by Crippen LogP contribution is -2.60. The summed E-state index contributed by atoms with van der Waals surface area (Å²) in [4.78, 5) is 12.9. The minimum atomic E-state index is -1.40. The average molecular weight is 185 g/mol. The van der Waals surface area contributed by atoms with Gasteiger partial charge in [0, 0.05) is 6.54 Å². The van der Waals surface area contributed by atoms with Gasteiger partial charge in [0.15, 0.2) is 6.54 Å². The highest BCUT2D eigenvalue weighted by molar-refractivity contribution is 6.44. The minimum absolute atomic E-state index is 0.0784. The molecule has 3 atom stereocenters. The number of hydrogen-bond donors (Lipinski definition) is 3. The quantitative estimate of drug-likeness (QED) is 0.403. The van der Waals surface area contributed by atoms with Gasteiger partial charge in [-0.15, -0.1) is 0 Å². The zero-order valence-corrected chi connectivity index (χ0v) is 7.39. The number of likely N-dealkylation sites (tertiary alicyclic amines) is 1. The van der Waals surface area contributed by atoms with E-state index in [1.54, 1.807) is 4.90 Å². The number of amides is 1. The van der Waals surface area contributed by atoms with Crippen LogP contribution in [-0.2, 0) is 4.79 Å². The molecule has 1 saturated carbocycles. The largest absolute Gasteiger partial charge is 0.476 e. The molecule has 2 aliphatic rings. The maximum atomic E-state index is 11.3. The maximum Gasteiger partial charge on any atom is 0.476 e. The fourth-order valence-corrected chi connectivity index (χ4v) is 2.30. The van der Waals surface area contributed by atoms with Crippen LogP contribution in [0.25, 0.3) is 0 Å². The van der Waals surface area contributed by atoms with Crippen LogP contribution in [0.2, 0.25) is 0 Å². The molecular weight excluding hydrogens is 171 g/mol. The normalized spacial score (nSPS) is 35.9. The van der Waals surface area contributed by atoms with E-state index >= 15 is 0 Å². The lowest BCUT2D eigenvalue weighted by atomic mass is 9.76. The Balaban J connectivity index is 2.07. The number of quaternary nitrogens is 1. The Hall–Kier alpha value is -0.585. The summed E-state index contributed by atoms with van der Waals surface area (Å²) >= 11 is 0.